The third kappa shape index (κ3) is 4.73. The Hall–Kier alpha value is -2.95. The SMILES string of the molecule is C[C@H](NCc1cn(Cc2ccccc2)nc1-c1cccnc1)c1ccccc1Cl. The van der Waals surface area contributed by atoms with Gasteiger partial charge in [0, 0.05) is 47.3 Å². The molecule has 2 aromatic heterocycles. The minimum absolute atomic E-state index is 0.128. The van der Waals surface area contributed by atoms with E-state index in [-0.39, 0.29) is 6.04 Å². The minimum Gasteiger partial charge on any atom is -0.306 e. The van der Waals surface area contributed by atoms with E-state index in [1.54, 1.807) is 6.20 Å². The summed E-state index contributed by atoms with van der Waals surface area (Å²) in [6.45, 7) is 3.54. The lowest BCUT2D eigenvalue weighted by Crippen LogP contribution is -2.18. The highest BCUT2D eigenvalue weighted by Gasteiger charge is 2.14. The first-order valence-electron chi connectivity index (χ1n) is 9.69. The van der Waals surface area contributed by atoms with Crippen LogP contribution in [-0.4, -0.2) is 14.8 Å². The van der Waals surface area contributed by atoms with Gasteiger partial charge in [0.25, 0.3) is 0 Å². The summed E-state index contributed by atoms with van der Waals surface area (Å²) in [4.78, 5) is 4.26. The van der Waals surface area contributed by atoms with Crippen molar-refractivity contribution in [3.05, 3.63) is 107 Å². The number of hydrogen-bond donors (Lipinski definition) is 1. The normalized spacial score (nSPS) is 12.1. The molecular weight excluding hydrogens is 380 g/mol. The van der Waals surface area contributed by atoms with Crippen LogP contribution in [0.25, 0.3) is 11.3 Å². The first kappa shape index (κ1) is 19.4. The number of nitrogens with zero attached hydrogens (tertiary/aromatic N) is 3. The van der Waals surface area contributed by atoms with Gasteiger partial charge in [-0.15, -0.1) is 0 Å². The molecule has 2 aromatic carbocycles. The molecule has 4 aromatic rings. The summed E-state index contributed by atoms with van der Waals surface area (Å²) in [6.07, 6.45) is 5.75. The molecule has 4 nitrogen and oxygen atoms in total. The predicted molar refractivity (Wildman–Crippen MR) is 118 cm³/mol. The molecule has 0 aliphatic rings. The molecule has 0 unspecified atom stereocenters. The van der Waals surface area contributed by atoms with E-state index in [0.717, 1.165) is 34.0 Å². The maximum absolute atomic E-state index is 6.36. The molecule has 0 radical (unpaired) electrons. The monoisotopic (exact) mass is 402 g/mol. The van der Waals surface area contributed by atoms with Gasteiger partial charge >= 0.3 is 0 Å². The lowest BCUT2D eigenvalue weighted by atomic mass is 10.1. The zero-order valence-electron chi connectivity index (χ0n) is 16.3. The van der Waals surface area contributed by atoms with Crippen LogP contribution in [0.3, 0.4) is 0 Å². The standard InChI is InChI=1S/C24H23ClN4/c1-18(22-11-5-6-12-23(22)25)27-15-21-17-29(16-19-8-3-2-4-9-19)28-24(21)20-10-7-13-26-14-20/h2-14,17-18,27H,15-16H2,1H3/t18-/m0/s1. The molecule has 0 spiro atoms. The first-order chi connectivity index (χ1) is 14.2. The summed E-state index contributed by atoms with van der Waals surface area (Å²) in [5.41, 5.74) is 5.41. The Morgan fingerprint density at radius 2 is 1.79 bits per heavy atom. The number of benzene rings is 2. The van der Waals surface area contributed by atoms with Crippen molar-refractivity contribution in [3.8, 4) is 11.3 Å². The Balaban J connectivity index is 1.58. The predicted octanol–water partition coefficient (Wildman–Crippen LogP) is 5.50. The highest BCUT2D eigenvalue weighted by molar-refractivity contribution is 6.31. The third-order valence-corrected chi connectivity index (χ3v) is 5.27. The van der Waals surface area contributed by atoms with Crippen molar-refractivity contribution < 1.29 is 0 Å². The van der Waals surface area contributed by atoms with Crippen LogP contribution in [0.15, 0.2) is 85.3 Å². The lowest BCUT2D eigenvalue weighted by molar-refractivity contribution is 0.574. The number of nitrogens with one attached hydrogen (secondary N) is 1. The molecule has 1 N–H and O–H groups in total. The number of hydrogen-bond acceptors (Lipinski definition) is 3. The second-order valence-electron chi connectivity index (χ2n) is 7.05. The molecule has 0 saturated heterocycles. The van der Waals surface area contributed by atoms with Crippen molar-refractivity contribution in [2.24, 2.45) is 0 Å². The number of halogens is 1. The van der Waals surface area contributed by atoms with E-state index in [0.29, 0.717) is 6.54 Å². The molecule has 4 rings (SSSR count). The fourth-order valence-electron chi connectivity index (χ4n) is 3.39. The largest absolute Gasteiger partial charge is 0.306 e. The maximum atomic E-state index is 6.36. The van der Waals surface area contributed by atoms with Crippen LogP contribution in [-0.2, 0) is 13.1 Å². The Kier molecular flexibility index (Phi) is 6.03. The summed E-state index contributed by atoms with van der Waals surface area (Å²) in [5.74, 6) is 0. The van der Waals surface area contributed by atoms with Gasteiger partial charge in [-0.05, 0) is 36.2 Å². The van der Waals surface area contributed by atoms with Crippen molar-refractivity contribution in [1.82, 2.24) is 20.1 Å². The van der Waals surface area contributed by atoms with Crippen molar-refractivity contribution in [3.63, 3.8) is 0 Å². The first-order valence-corrected chi connectivity index (χ1v) is 10.1. The Morgan fingerprint density at radius 1 is 1.00 bits per heavy atom. The summed E-state index contributed by atoms with van der Waals surface area (Å²) in [5, 5.41) is 9.22. The van der Waals surface area contributed by atoms with E-state index in [9.17, 15) is 0 Å². The van der Waals surface area contributed by atoms with Crippen LogP contribution < -0.4 is 5.32 Å². The minimum atomic E-state index is 0.128. The highest BCUT2D eigenvalue weighted by atomic mass is 35.5. The van der Waals surface area contributed by atoms with E-state index in [2.05, 4.69) is 53.8 Å². The van der Waals surface area contributed by atoms with Crippen LogP contribution in [0.5, 0.6) is 0 Å². The van der Waals surface area contributed by atoms with Gasteiger partial charge in [0.05, 0.1) is 12.2 Å². The van der Waals surface area contributed by atoms with Gasteiger partial charge in [-0.2, -0.15) is 5.10 Å². The van der Waals surface area contributed by atoms with Gasteiger partial charge in [0.2, 0.25) is 0 Å². The van der Waals surface area contributed by atoms with Crippen LogP contribution in [0.2, 0.25) is 5.02 Å². The van der Waals surface area contributed by atoms with Crippen LogP contribution in [0, 0.1) is 0 Å². The molecule has 0 aliphatic heterocycles. The van der Waals surface area contributed by atoms with Crippen LogP contribution in [0.4, 0.5) is 0 Å². The summed E-state index contributed by atoms with van der Waals surface area (Å²) < 4.78 is 1.99. The molecule has 0 aliphatic carbocycles. The zero-order valence-corrected chi connectivity index (χ0v) is 17.1. The van der Waals surface area contributed by atoms with E-state index in [1.807, 2.05) is 47.3 Å². The quantitative estimate of drug-likeness (QED) is 0.444. The van der Waals surface area contributed by atoms with Crippen molar-refractivity contribution in [2.75, 3.05) is 0 Å². The zero-order chi connectivity index (χ0) is 20.1. The molecule has 1 atom stereocenters. The fraction of sp³-hybridized carbons (Fsp3) is 0.167. The second kappa shape index (κ2) is 9.03. The van der Waals surface area contributed by atoms with E-state index >= 15 is 0 Å². The van der Waals surface area contributed by atoms with Crippen molar-refractivity contribution >= 4 is 11.6 Å². The topological polar surface area (TPSA) is 42.7 Å². The molecule has 29 heavy (non-hydrogen) atoms. The van der Waals surface area contributed by atoms with Gasteiger partial charge in [-0.3, -0.25) is 9.67 Å². The average molecular weight is 403 g/mol. The maximum Gasteiger partial charge on any atom is 0.0983 e. The molecule has 0 fully saturated rings. The van der Waals surface area contributed by atoms with Crippen molar-refractivity contribution in [2.45, 2.75) is 26.1 Å². The second-order valence-corrected chi connectivity index (χ2v) is 7.46. The Bertz CT molecular complexity index is 1060. The van der Waals surface area contributed by atoms with Gasteiger partial charge in [-0.25, -0.2) is 0 Å². The average Bonchev–Trinajstić information content (AvgIpc) is 3.16. The fourth-order valence-corrected chi connectivity index (χ4v) is 3.69. The van der Waals surface area contributed by atoms with E-state index < -0.39 is 0 Å². The van der Waals surface area contributed by atoms with Gasteiger partial charge in [-0.1, -0.05) is 60.1 Å². The van der Waals surface area contributed by atoms with Crippen molar-refractivity contribution in [1.29, 1.82) is 0 Å². The van der Waals surface area contributed by atoms with Crippen LogP contribution >= 0.6 is 11.6 Å². The number of pyridine rings is 1. The van der Waals surface area contributed by atoms with E-state index in [4.69, 9.17) is 16.7 Å². The Labute approximate surface area is 176 Å². The molecule has 0 amide bonds. The molecule has 0 saturated carbocycles. The summed E-state index contributed by atoms with van der Waals surface area (Å²) in [6, 6.07) is 22.4. The Morgan fingerprint density at radius 3 is 2.55 bits per heavy atom. The molecule has 146 valence electrons. The summed E-state index contributed by atoms with van der Waals surface area (Å²) >= 11 is 6.36. The molecular formula is C24H23ClN4. The van der Waals surface area contributed by atoms with Gasteiger partial charge in [0.15, 0.2) is 0 Å². The smallest absolute Gasteiger partial charge is 0.0983 e. The molecule has 2 heterocycles. The molecule has 0 bridgehead atoms. The lowest BCUT2D eigenvalue weighted by Gasteiger charge is -2.15. The highest BCUT2D eigenvalue weighted by Crippen LogP contribution is 2.25. The summed E-state index contributed by atoms with van der Waals surface area (Å²) in [7, 11) is 0. The van der Waals surface area contributed by atoms with E-state index in [1.165, 1.54) is 5.56 Å². The van der Waals surface area contributed by atoms with Gasteiger partial charge in [0.1, 0.15) is 0 Å². The molecule has 5 heteroatoms. The number of rotatable bonds is 7. The van der Waals surface area contributed by atoms with Gasteiger partial charge < -0.3 is 5.32 Å². The van der Waals surface area contributed by atoms with Crippen LogP contribution in [0.1, 0.15) is 29.7 Å². The third-order valence-electron chi connectivity index (χ3n) is 4.93. The number of aromatic nitrogens is 3.